The van der Waals surface area contributed by atoms with Gasteiger partial charge in [-0.15, -0.1) is 0 Å². The first kappa shape index (κ1) is 18.2. The van der Waals surface area contributed by atoms with Crippen LogP contribution in [0.1, 0.15) is 19.4 Å². The highest BCUT2D eigenvalue weighted by molar-refractivity contribution is 6.32. The highest BCUT2D eigenvalue weighted by Crippen LogP contribution is 2.33. The van der Waals surface area contributed by atoms with Gasteiger partial charge >= 0.3 is 6.03 Å². The van der Waals surface area contributed by atoms with Crippen LogP contribution in [-0.4, -0.2) is 49.0 Å². The van der Waals surface area contributed by atoms with E-state index in [1.54, 1.807) is 38.1 Å². The molecule has 1 aromatic rings. The molecule has 8 heteroatoms. The summed E-state index contributed by atoms with van der Waals surface area (Å²) < 4.78 is 4.93. The fourth-order valence-electron chi connectivity index (χ4n) is 2.65. The zero-order chi connectivity index (χ0) is 17.9. The van der Waals surface area contributed by atoms with Crippen LogP contribution < -0.4 is 10.6 Å². The van der Waals surface area contributed by atoms with Gasteiger partial charge in [0.2, 0.25) is 5.91 Å². The van der Waals surface area contributed by atoms with Crippen molar-refractivity contribution in [3.05, 3.63) is 34.9 Å². The Morgan fingerprint density at radius 1 is 1.42 bits per heavy atom. The van der Waals surface area contributed by atoms with E-state index in [9.17, 15) is 14.4 Å². The van der Waals surface area contributed by atoms with Crippen molar-refractivity contribution in [3.63, 3.8) is 0 Å². The SMILES string of the molecule is COC[C@H](C)NC(=O)CN1C(=O)N[C@@](C)(c2ccccc2Cl)C1=O. The first-order chi connectivity index (χ1) is 11.3. The molecule has 1 saturated heterocycles. The Bertz CT molecular complexity index is 666. The Hall–Kier alpha value is -2.12. The van der Waals surface area contributed by atoms with Crippen molar-refractivity contribution in [2.24, 2.45) is 0 Å². The predicted octanol–water partition coefficient (Wildman–Crippen LogP) is 1.26. The quantitative estimate of drug-likeness (QED) is 0.754. The number of nitrogens with one attached hydrogen (secondary N) is 2. The lowest BCUT2D eigenvalue weighted by molar-refractivity contribution is -0.135. The number of nitrogens with zero attached hydrogens (tertiary/aromatic N) is 1. The summed E-state index contributed by atoms with van der Waals surface area (Å²) in [5.74, 6) is -0.957. The Morgan fingerprint density at radius 3 is 2.71 bits per heavy atom. The molecule has 2 N–H and O–H groups in total. The van der Waals surface area contributed by atoms with Crippen molar-refractivity contribution >= 4 is 29.4 Å². The molecule has 1 aromatic carbocycles. The first-order valence-corrected chi connectivity index (χ1v) is 7.84. The summed E-state index contributed by atoms with van der Waals surface area (Å²) in [6.07, 6.45) is 0. The van der Waals surface area contributed by atoms with Gasteiger partial charge in [0.05, 0.1) is 6.61 Å². The average Bonchev–Trinajstić information content (AvgIpc) is 2.72. The number of hydrogen-bond donors (Lipinski definition) is 2. The lowest BCUT2D eigenvalue weighted by Gasteiger charge is -2.23. The number of carbonyl (C=O) groups is 3. The van der Waals surface area contributed by atoms with E-state index in [0.717, 1.165) is 4.90 Å². The molecule has 2 atom stereocenters. The van der Waals surface area contributed by atoms with Crippen LogP contribution in [0.5, 0.6) is 0 Å². The van der Waals surface area contributed by atoms with E-state index in [1.807, 2.05) is 0 Å². The number of rotatable bonds is 6. The van der Waals surface area contributed by atoms with Crippen LogP contribution in [0.3, 0.4) is 0 Å². The molecule has 0 radical (unpaired) electrons. The van der Waals surface area contributed by atoms with Crippen LogP contribution in [-0.2, 0) is 19.9 Å². The van der Waals surface area contributed by atoms with E-state index < -0.39 is 23.4 Å². The minimum Gasteiger partial charge on any atom is -0.383 e. The van der Waals surface area contributed by atoms with Crippen molar-refractivity contribution in [1.82, 2.24) is 15.5 Å². The molecule has 0 bridgehead atoms. The molecule has 0 saturated carbocycles. The van der Waals surface area contributed by atoms with Crippen molar-refractivity contribution in [1.29, 1.82) is 0 Å². The maximum atomic E-state index is 12.7. The highest BCUT2D eigenvalue weighted by atomic mass is 35.5. The number of benzene rings is 1. The summed E-state index contributed by atoms with van der Waals surface area (Å²) >= 11 is 6.15. The normalized spacial score (nSPS) is 21.6. The first-order valence-electron chi connectivity index (χ1n) is 7.47. The Morgan fingerprint density at radius 2 is 2.08 bits per heavy atom. The molecular formula is C16H20ClN3O4. The maximum absolute atomic E-state index is 12.7. The summed E-state index contributed by atoms with van der Waals surface area (Å²) in [6, 6.07) is 5.93. The fraction of sp³-hybridized carbons (Fsp3) is 0.438. The second-order valence-electron chi connectivity index (χ2n) is 5.85. The molecule has 1 aliphatic heterocycles. The summed E-state index contributed by atoms with van der Waals surface area (Å²) in [6.45, 7) is 3.31. The van der Waals surface area contributed by atoms with Gasteiger partial charge in [-0.25, -0.2) is 4.79 Å². The number of ether oxygens (including phenoxy) is 1. The van der Waals surface area contributed by atoms with Crippen molar-refractivity contribution in [2.45, 2.75) is 25.4 Å². The van der Waals surface area contributed by atoms with E-state index in [0.29, 0.717) is 17.2 Å². The number of urea groups is 1. The number of carbonyl (C=O) groups excluding carboxylic acids is 3. The zero-order valence-corrected chi connectivity index (χ0v) is 14.5. The van der Waals surface area contributed by atoms with Gasteiger partial charge in [-0.05, 0) is 19.9 Å². The Balaban J connectivity index is 2.14. The van der Waals surface area contributed by atoms with Gasteiger partial charge in [-0.3, -0.25) is 14.5 Å². The summed E-state index contributed by atoms with van der Waals surface area (Å²) in [5, 5.41) is 5.65. The maximum Gasteiger partial charge on any atom is 0.325 e. The summed E-state index contributed by atoms with van der Waals surface area (Å²) in [7, 11) is 1.52. The van der Waals surface area contributed by atoms with Gasteiger partial charge in [-0.2, -0.15) is 0 Å². The number of imide groups is 1. The second-order valence-corrected chi connectivity index (χ2v) is 6.26. The van der Waals surface area contributed by atoms with E-state index in [4.69, 9.17) is 16.3 Å². The monoisotopic (exact) mass is 353 g/mol. The average molecular weight is 354 g/mol. The molecular weight excluding hydrogens is 334 g/mol. The molecule has 1 aliphatic rings. The van der Waals surface area contributed by atoms with Crippen LogP contribution >= 0.6 is 11.6 Å². The molecule has 24 heavy (non-hydrogen) atoms. The number of methoxy groups -OCH3 is 1. The third-order valence-corrected chi connectivity index (χ3v) is 4.14. The van der Waals surface area contributed by atoms with Crippen LogP contribution in [0.2, 0.25) is 5.02 Å². The fourth-order valence-corrected chi connectivity index (χ4v) is 2.97. The van der Waals surface area contributed by atoms with E-state index in [2.05, 4.69) is 10.6 Å². The lowest BCUT2D eigenvalue weighted by atomic mass is 9.92. The lowest BCUT2D eigenvalue weighted by Crippen LogP contribution is -2.45. The minimum absolute atomic E-state index is 0.224. The largest absolute Gasteiger partial charge is 0.383 e. The highest BCUT2D eigenvalue weighted by Gasteiger charge is 2.50. The molecule has 4 amide bonds. The third-order valence-electron chi connectivity index (χ3n) is 3.81. The van der Waals surface area contributed by atoms with E-state index in [1.165, 1.54) is 7.11 Å². The Kier molecular flexibility index (Phi) is 5.46. The van der Waals surface area contributed by atoms with Crippen molar-refractivity contribution in [3.8, 4) is 0 Å². The number of halogens is 1. The predicted molar refractivity (Wildman–Crippen MR) is 88.5 cm³/mol. The third kappa shape index (κ3) is 3.52. The van der Waals surface area contributed by atoms with Gasteiger partial charge < -0.3 is 15.4 Å². The standard InChI is InChI=1S/C16H20ClN3O4/c1-10(9-24-3)18-13(21)8-20-14(22)16(2,19-15(20)23)11-6-4-5-7-12(11)17/h4-7,10H,8-9H2,1-3H3,(H,18,21)(H,19,23)/t10-,16-/m0/s1. The zero-order valence-electron chi connectivity index (χ0n) is 13.8. The van der Waals surface area contributed by atoms with Crippen LogP contribution in [0.15, 0.2) is 24.3 Å². The topological polar surface area (TPSA) is 87.7 Å². The molecule has 130 valence electrons. The van der Waals surface area contributed by atoms with Gasteiger partial charge in [0, 0.05) is 23.7 Å². The van der Waals surface area contributed by atoms with Crippen molar-refractivity contribution < 1.29 is 19.1 Å². The van der Waals surface area contributed by atoms with Crippen LogP contribution in [0.25, 0.3) is 0 Å². The molecule has 1 fully saturated rings. The van der Waals surface area contributed by atoms with Crippen LogP contribution in [0.4, 0.5) is 4.79 Å². The minimum atomic E-state index is -1.30. The van der Waals surface area contributed by atoms with Gasteiger partial charge in [0.15, 0.2) is 0 Å². The van der Waals surface area contributed by atoms with E-state index in [-0.39, 0.29) is 12.6 Å². The molecule has 0 spiro atoms. The molecule has 0 unspecified atom stereocenters. The van der Waals surface area contributed by atoms with Crippen molar-refractivity contribution in [2.75, 3.05) is 20.3 Å². The van der Waals surface area contributed by atoms with Gasteiger partial charge in [0.25, 0.3) is 5.91 Å². The number of amides is 4. The van der Waals surface area contributed by atoms with Gasteiger partial charge in [0.1, 0.15) is 12.1 Å². The number of hydrogen-bond acceptors (Lipinski definition) is 4. The summed E-state index contributed by atoms with van der Waals surface area (Å²) in [4.78, 5) is 37.8. The van der Waals surface area contributed by atoms with Crippen LogP contribution in [0, 0.1) is 0 Å². The molecule has 0 aromatic heterocycles. The molecule has 0 aliphatic carbocycles. The molecule has 2 rings (SSSR count). The Labute approximate surface area is 145 Å². The summed E-state index contributed by atoms with van der Waals surface area (Å²) in [5.41, 5.74) is -0.811. The van der Waals surface area contributed by atoms with E-state index >= 15 is 0 Å². The smallest absolute Gasteiger partial charge is 0.325 e. The second kappa shape index (κ2) is 7.19. The van der Waals surface area contributed by atoms with Gasteiger partial charge in [-0.1, -0.05) is 29.8 Å². The molecule has 7 nitrogen and oxygen atoms in total. The molecule has 1 heterocycles.